The lowest BCUT2D eigenvalue weighted by molar-refractivity contribution is -0.122. The van der Waals surface area contributed by atoms with Crippen LogP contribution in [0, 0.1) is 13.8 Å². The monoisotopic (exact) mass is 472 g/mol. The normalized spacial score (nSPS) is 14.9. The van der Waals surface area contributed by atoms with Crippen molar-refractivity contribution in [1.82, 2.24) is 5.32 Å². The van der Waals surface area contributed by atoms with Crippen LogP contribution >= 0.6 is 12.2 Å². The van der Waals surface area contributed by atoms with E-state index in [4.69, 9.17) is 21.7 Å². The first-order valence-corrected chi connectivity index (χ1v) is 11.1. The summed E-state index contributed by atoms with van der Waals surface area (Å²) in [5.74, 6) is 0.0288. The summed E-state index contributed by atoms with van der Waals surface area (Å²) in [5.41, 5.74) is 4.20. The lowest BCUT2D eigenvalue weighted by atomic mass is 10.1. The van der Waals surface area contributed by atoms with Gasteiger partial charge in [0.05, 0.1) is 12.8 Å². The molecule has 6 nitrogen and oxygen atoms in total. The van der Waals surface area contributed by atoms with E-state index in [9.17, 15) is 9.59 Å². The van der Waals surface area contributed by atoms with Crippen LogP contribution in [0.5, 0.6) is 11.5 Å². The molecule has 4 rings (SSSR count). The summed E-state index contributed by atoms with van der Waals surface area (Å²) in [5, 5.41) is 2.68. The maximum absolute atomic E-state index is 13.3. The third-order valence-corrected chi connectivity index (χ3v) is 5.59. The summed E-state index contributed by atoms with van der Waals surface area (Å²) < 4.78 is 11.4. The number of hydrogen-bond donors (Lipinski definition) is 1. The number of amides is 2. The Morgan fingerprint density at radius 3 is 2.32 bits per heavy atom. The topological polar surface area (TPSA) is 67.9 Å². The van der Waals surface area contributed by atoms with Gasteiger partial charge in [0, 0.05) is 0 Å². The van der Waals surface area contributed by atoms with E-state index in [-0.39, 0.29) is 10.7 Å². The Hall–Kier alpha value is -3.97. The first kappa shape index (κ1) is 23.2. The molecule has 0 bridgehead atoms. The fourth-order valence-corrected chi connectivity index (χ4v) is 4.05. The van der Waals surface area contributed by atoms with Gasteiger partial charge < -0.3 is 9.47 Å². The number of nitrogens with one attached hydrogen (secondary N) is 1. The fraction of sp³-hybridized carbons (Fsp3) is 0.148. The standard InChI is InChI=1S/C27H24N2O4S/c1-17-11-18(2)13-21(12-17)29-26(31)22(25(30)28-27(29)34)14-20-9-10-23(32-3)24(15-20)33-16-19-7-5-4-6-8-19/h4-15H,16H2,1-3H3,(H,28,30,34). The van der Waals surface area contributed by atoms with Gasteiger partial charge >= 0.3 is 0 Å². The highest BCUT2D eigenvalue weighted by molar-refractivity contribution is 7.80. The Labute approximate surface area is 203 Å². The van der Waals surface area contributed by atoms with Crippen LogP contribution in [0.3, 0.4) is 0 Å². The van der Waals surface area contributed by atoms with Gasteiger partial charge in [-0.1, -0.05) is 42.5 Å². The molecule has 34 heavy (non-hydrogen) atoms. The van der Waals surface area contributed by atoms with Crippen LogP contribution in [0.25, 0.3) is 6.08 Å². The van der Waals surface area contributed by atoms with Gasteiger partial charge in [-0.2, -0.15) is 0 Å². The van der Waals surface area contributed by atoms with E-state index in [1.54, 1.807) is 25.3 Å². The zero-order valence-corrected chi connectivity index (χ0v) is 19.9. The zero-order chi connectivity index (χ0) is 24.2. The highest BCUT2D eigenvalue weighted by Gasteiger charge is 2.34. The summed E-state index contributed by atoms with van der Waals surface area (Å²) in [4.78, 5) is 27.4. The number of thiocarbonyl (C=S) groups is 1. The number of anilines is 1. The SMILES string of the molecule is COc1ccc(C=C2C(=O)NC(=S)N(c3cc(C)cc(C)c3)C2=O)cc1OCc1ccccc1. The van der Waals surface area contributed by atoms with Gasteiger partial charge in [-0.05, 0) is 78.7 Å². The molecule has 1 heterocycles. The van der Waals surface area contributed by atoms with E-state index in [1.807, 2.05) is 62.4 Å². The molecule has 1 saturated heterocycles. The third-order valence-electron chi connectivity index (χ3n) is 5.30. The molecule has 0 saturated carbocycles. The number of nitrogens with zero attached hydrogens (tertiary/aromatic N) is 1. The van der Waals surface area contributed by atoms with Gasteiger partial charge in [0.15, 0.2) is 16.6 Å². The second-order valence-corrected chi connectivity index (χ2v) is 8.38. The maximum atomic E-state index is 13.3. The molecule has 3 aromatic carbocycles. The van der Waals surface area contributed by atoms with Crippen molar-refractivity contribution < 1.29 is 19.1 Å². The van der Waals surface area contributed by atoms with Crippen LogP contribution in [0.15, 0.2) is 72.3 Å². The predicted octanol–water partition coefficient (Wildman–Crippen LogP) is 4.72. The molecule has 7 heteroatoms. The largest absolute Gasteiger partial charge is 0.493 e. The van der Waals surface area contributed by atoms with Gasteiger partial charge in [0.25, 0.3) is 11.8 Å². The molecule has 1 N–H and O–H groups in total. The van der Waals surface area contributed by atoms with Crippen LogP contribution in [0.1, 0.15) is 22.3 Å². The van der Waals surface area contributed by atoms with Crippen LogP contribution < -0.4 is 19.7 Å². The molecule has 2 amide bonds. The summed E-state index contributed by atoms with van der Waals surface area (Å²) in [6.07, 6.45) is 1.53. The molecule has 0 radical (unpaired) electrons. The number of carbonyl (C=O) groups excluding carboxylic acids is 2. The summed E-state index contributed by atoms with van der Waals surface area (Å²) >= 11 is 5.31. The van der Waals surface area contributed by atoms with Crippen molar-refractivity contribution in [3.8, 4) is 11.5 Å². The number of aryl methyl sites for hydroxylation is 2. The molecule has 0 unspecified atom stereocenters. The zero-order valence-electron chi connectivity index (χ0n) is 19.1. The lowest BCUT2D eigenvalue weighted by Gasteiger charge is -2.29. The molecule has 0 spiro atoms. The van der Waals surface area contributed by atoms with Crippen molar-refractivity contribution in [3.63, 3.8) is 0 Å². The number of ether oxygens (including phenoxy) is 2. The fourth-order valence-electron chi connectivity index (χ4n) is 3.77. The Bertz CT molecular complexity index is 1280. The molecule has 172 valence electrons. The number of methoxy groups -OCH3 is 1. The predicted molar refractivity (Wildman–Crippen MR) is 136 cm³/mol. The van der Waals surface area contributed by atoms with Crippen molar-refractivity contribution in [2.45, 2.75) is 20.5 Å². The van der Waals surface area contributed by atoms with Crippen molar-refractivity contribution in [1.29, 1.82) is 0 Å². The van der Waals surface area contributed by atoms with Crippen molar-refractivity contribution in [3.05, 3.63) is 94.6 Å². The second kappa shape index (κ2) is 9.89. The van der Waals surface area contributed by atoms with E-state index in [1.165, 1.54) is 11.0 Å². The van der Waals surface area contributed by atoms with Gasteiger partial charge in [0.1, 0.15) is 12.2 Å². The van der Waals surface area contributed by atoms with Gasteiger partial charge in [-0.25, -0.2) is 0 Å². The average molecular weight is 473 g/mol. The number of benzene rings is 3. The molecule has 0 atom stereocenters. The average Bonchev–Trinajstić information content (AvgIpc) is 2.80. The molecule has 1 aliphatic rings. The van der Waals surface area contributed by atoms with Crippen LogP contribution in [0.4, 0.5) is 5.69 Å². The van der Waals surface area contributed by atoms with Gasteiger partial charge in [-0.15, -0.1) is 0 Å². The first-order valence-electron chi connectivity index (χ1n) is 10.7. The highest BCUT2D eigenvalue weighted by atomic mass is 32.1. The number of hydrogen-bond acceptors (Lipinski definition) is 5. The third kappa shape index (κ3) is 5.00. The van der Waals surface area contributed by atoms with E-state index < -0.39 is 11.8 Å². The minimum absolute atomic E-state index is 0.0214. The molecule has 3 aromatic rings. The lowest BCUT2D eigenvalue weighted by Crippen LogP contribution is -2.54. The molecular weight excluding hydrogens is 448 g/mol. The molecule has 1 fully saturated rings. The summed E-state index contributed by atoms with van der Waals surface area (Å²) in [6, 6.07) is 20.7. The Morgan fingerprint density at radius 2 is 1.65 bits per heavy atom. The Kier molecular flexibility index (Phi) is 6.75. The molecular formula is C27H24N2O4S. The molecule has 0 aromatic heterocycles. The highest BCUT2D eigenvalue weighted by Crippen LogP contribution is 2.31. The number of rotatable bonds is 6. The summed E-state index contributed by atoms with van der Waals surface area (Å²) in [6.45, 7) is 4.24. The Morgan fingerprint density at radius 1 is 0.941 bits per heavy atom. The van der Waals surface area contributed by atoms with E-state index in [0.717, 1.165) is 16.7 Å². The van der Waals surface area contributed by atoms with E-state index in [0.29, 0.717) is 29.4 Å². The van der Waals surface area contributed by atoms with E-state index >= 15 is 0 Å². The van der Waals surface area contributed by atoms with Gasteiger partial charge in [0.2, 0.25) is 0 Å². The van der Waals surface area contributed by atoms with Crippen molar-refractivity contribution >= 4 is 40.9 Å². The van der Waals surface area contributed by atoms with Gasteiger partial charge in [-0.3, -0.25) is 19.8 Å². The number of carbonyl (C=O) groups is 2. The maximum Gasteiger partial charge on any atom is 0.270 e. The smallest absolute Gasteiger partial charge is 0.270 e. The Balaban J connectivity index is 1.65. The first-order chi connectivity index (χ1) is 16.4. The van der Waals surface area contributed by atoms with Crippen LogP contribution in [-0.4, -0.2) is 24.0 Å². The van der Waals surface area contributed by atoms with Crippen LogP contribution in [-0.2, 0) is 16.2 Å². The van der Waals surface area contributed by atoms with E-state index in [2.05, 4.69) is 5.32 Å². The van der Waals surface area contributed by atoms with Crippen molar-refractivity contribution in [2.75, 3.05) is 12.0 Å². The molecule has 0 aliphatic carbocycles. The van der Waals surface area contributed by atoms with Crippen LogP contribution in [0.2, 0.25) is 0 Å². The minimum Gasteiger partial charge on any atom is -0.493 e. The molecule has 1 aliphatic heterocycles. The summed E-state index contributed by atoms with van der Waals surface area (Å²) in [7, 11) is 1.56. The quantitative estimate of drug-likeness (QED) is 0.319. The second-order valence-electron chi connectivity index (χ2n) is 7.99. The minimum atomic E-state index is -0.543. The van der Waals surface area contributed by atoms with Crippen molar-refractivity contribution in [2.24, 2.45) is 0 Å².